The Morgan fingerprint density at radius 3 is 2.13 bits per heavy atom. The third-order valence-electron chi connectivity index (χ3n) is 1.13. The van der Waals surface area contributed by atoms with Gasteiger partial charge in [-0.25, -0.2) is 0 Å². The predicted octanol–water partition coefficient (Wildman–Crippen LogP) is -0.614. The zero-order chi connectivity index (χ0) is 12.3. The lowest BCUT2D eigenvalue weighted by molar-refractivity contribution is -0.186. The highest BCUT2D eigenvalue weighted by Gasteiger charge is 2.09. The van der Waals surface area contributed by atoms with E-state index in [0.717, 1.165) is 0 Å². The van der Waals surface area contributed by atoms with Crippen molar-refractivity contribution in [1.82, 2.24) is 5.32 Å². The van der Waals surface area contributed by atoms with E-state index in [2.05, 4.69) is 24.1 Å². The van der Waals surface area contributed by atoms with Gasteiger partial charge in [0.05, 0.1) is 0 Å². The first-order chi connectivity index (χ1) is 6.95. The molecule has 8 heteroatoms. The molecule has 88 valence electrons. The molecule has 7 nitrogen and oxygen atoms in total. The monoisotopic (exact) mass is 238 g/mol. The fourth-order valence-electron chi connectivity index (χ4n) is 0.238. The SMILES string of the molecule is CCCC.NC(=O)C(=O)NCO[P+](=O)[O-]. The Morgan fingerprint density at radius 2 is 1.87 bits per heavy atom. The van der Waals surface area contributed by atoms with Gasteiger partial charge in [-0.1, -0.05) is 26.7 Å². The molecule has 0 aromatic rings. The average molecular weight is 238 g/mol. The van der Waals surface area contributed by atoms with E-state index in [4.69, 9.17) is 0 Å². The largest absolute Gasteiger partial charge is 0.566 e. The van der Waals surface area contributed by atoms with Crippen molar-refractivity contribution in [2.45, 2.75) is 26.7 Å². The topological polar surface area (TPSA) is 122 Å². The number of nitrogens with two attached hydrogens (primary N) is 1. The lowest BCUT2D eigenvalue weighted by Crippen LogP contribution is -2.36. The van der Waals surface area contributed by atoms with Crippen LogP contribution in [0.3, 0.4) is 0 Å². The first-order valence-electron chi connectivity index (χ1n) is 4.30. The highest BCUT2D eigenvalue weighted by molar-refractivity contribution is 7.30. The molecule has 0 aliphatic carbocycles. The molecule has 0 aliphatic heterocycles. The molecule has 0 radical (unpaired) electrons. The Labute approximate surface area is 88.9 Å². The lowest BCUT2D eigenvalue weighted by Gasteiger charge is -1.95. The van der Waals surface area contributed by atoms with E-state index in [1.807, 2.05) is 0 Å². The van der Waals surface area contributed by atoms with Gasteiger partial charge in [0.2, 0.25) is 0 Å². The number of hydrogen-bond acceptors (Lipinski definition) is 5. The molecule has 15 heavy (non-hydrogen) atoms. The molecule has 0 aromatic carbocycles. The van der Waals surface area contributed by atoms with Crippen LogP contribution >= 0.6 is 8.25 Å². The van der Waals surface area contributed by atoms with Crippen LogP contribution in [-0.4, -0.2) is 18.5 Å². The van der Waals surface area contributed by atoms with Crippen molar-refractivity contribution >= 4 is 20.1 Å². The van der Waals surface area contributed by atoms with Gasteiger partial charge >= 0.3 is 20.1 Å². The quantitative estimate of drug-likeness (QED) is 0.384. The summed E-state index contributed by atoms with van der Waals surface area (Å²) in [6.45, 7) is 3.78. The van der Waals surface area contributed by atoms with Crippen LogP contribution in [0, 0.1) is 0 Å². The van der Waals surface area contributed by atoms with Crippen molar-refractivity contribution in [3.63, 3.8) is 0 Å². The molecule has 0 saturated carbocycles. The molecule has 3 N–H and O–H groups in total. The lowest BCUT2D eigenvalue weighted by atomic mass is 10.4. The van der Waals surface area contributed by atoms with Gasteiger partial charge in [0, 0.05) is 0 Å². The van der Waals surface area contributed by atoms with Crippen LogP contribution in [0.2, 0.25) is 0 Å². The Hall–Kier alpha value is -1.04. The Kier molecular flexibility index (Phi) is 12.1. The van der Waals surface area contributed by atoms with Gasteiger partial charge in [0.1, 0.15) is 0 Å². The minimum absolute atomic E-state index is 0.583. The first-order valence-corrected chi connectivity index (χ1v) is 5.40. The minimum atomic E-state index is -3.02. The zero-order valence-corrected chi connectivity index (χ0v) is 9.58. The molecule has 0 fully saturated rings. The predicted molar refractivity (Wildman–Crippen MR) is 51.5 cm³/mol. The summed E-state index contributed by atoms with van der Waals surface area (Å²) in [6, 6.07) is 0. The molecule has 1 atom stereocenters. The Balaban J connectivity index is 0. The second-order valence-corrected chi connectivity index (χ2v) is 3.07. The van der Waals surface area contributed by atoms with E-state index >= 15 is 0 Å². The van der Waals surface area contributed by atoms with Crippen molar-refractivity contribution < 1.29 is 23.6 Å². The van der Waals surface area contributed by atoms with Crippen molar-refractivity contribution in [2.75, 3.05) is 6.73 Å². The number of carbonyl (C=O) groups is 2. The van der Waals surface area contributed by atoms with Crippen molar-refractivity contribution in [1.29, 1.82) is 0 Å². The second-order valence-electron chi connectivity index (χ2n) is 2.37. The molecular formula is C7H15N2O5P. The Morgan fingerprint density at radius 1 is 1.40 bits per heavy atom. The van der Waals surface area contributed by atoms with E-state index in [0.29, 0.717) is 0 Å². The smallest absolute Gasteiger partial charge is 0.490 e. The van der Waals surface area contributed by atoms with Crippen LogP contribution in [0.25, 0.3) is 0 Å². The van der Waals surface area contributed by atoms with Gasteiger partial charge in [-0.2, -0.15) is 0 Å². The van der Waals surface area contributed by atoms with Crippen LogP contribution in [0.4, 0.5) is 0 Å². The maximum atomic E-state index is 10.3. The van der Waals surface area contributed by atoms with Crippen LogP contribution in [0.1, 0.15) is 26.7 Å². The molecule has 0 heterocycles. The molecule has 2 amide bonds. The van der Waals surface area contributed by atoms with Gasteiger partial charge in [0.15, 0.2) is 6.73 Å². The zero-order valence-electron chi connectivity index (χ0n) is 8.69. The summed E-state index contributed by atoms with van der Waals surface area (Å²) in [5, 5.41) is 1.79. The number of nitrogens with one attached hydrogen (secondary N) is 1. The number of hydrogen-bond donors (Lipinski definition) is 2. The molecule has 0 spiro atoms. The number of carbonyl (C=O) groups excluding carboxylic acids is 2. The van der Waals surface area contributed by atoms with E-state index in [9.17, 15) is 19.0 Å². The summed E-state index contributed by atoms with van der Waals surface area (Å²) >= 11 is 0. The standard InChI is InChI=1S/C4H10.C3H5N2O5P/c1-3-4-2;4-2(6)3(7)5-1-10-11(8)9/h3-4H2,1-2H3;1H2,(H2,4,6)(H,5,7). The summed E-state index contributed by atoms with van der Waals surface area (Å²) in [5.74, 6) is -2.29. The van der Waals surface area contributed by atoms with Crippen LogP contribution < -0.4 is 15.9 Å². The van der Waals surface area contributed by atoms with Gasteiger partial charge in [-0.3, -0.25) is 9.59 Å². The van der Waals surface area contributed by atoms with Gasteiger partial charge in [0.25, 0.3) is 0 Å². The molecule has 0 bridgehead atoms. The van der Waals surface area contributed by atoms with Crippen LogP contribution in [-0.2, 0) is 18.7 Å². The molecule has 0 aliphatic rings. The summed E-state index contributed by atoms with van der Waals surface area (Å²) < 4.78 is 13.6. The third kappa shape index (κ3) is 15.7. The minimum Gasteiger partial charge on any atom is -0.566 e. The molecule has 0 rings (SSSR count). The van der Waals surface area contributed by atoms with E-state index < -0.39 is 26.8 Å². The Bertz CT molecular complexity index is 219. The number of amides is 2. The van der Waals surface area contributed by atoms with E-state index in [-0.39, 0.29) is 0 Å². The van der Waals surface area contributed by atoms with Gasteiger partial charge in [-0.15, -0.1) is 4.52 Å². The normalized spacial score (nSPS) is 9.67. The summed E-state index contributed by atoms with van der Waals surface area (Å²) in [4.78, 5) is 29.9. The van der Waals surface area contributed by atoms with E-state index in [1.165, 1.54) is 12.8 Å². The van der Waals surface area contributed by atoms with Gasteiger partial charge in [-0.05, 0) is 4.57 Å². The summed E-state index contributed by atoms with van der Waals surface area (Å²) in [6.07, 6.45) is 2.64. The maximum Gasteiger partial charge on any atom is 0.490 e. The van der Waals surface area contributed by atoms with Crippen molar-refractivity contribution in [3.05, 3.63) is 0 Å². The van der Waals surface area contributed by atoms with Crippen LogP contribution in [0.15, 0.2) is 0 Å². The molecular weight excluding hydrogens is 223 g/mol. The summed E-state index contributed by atoms with van der Waals surface area (Å²) in [7, 11) is -3.02. The van der Waals surface area contributed by atoms with Crippen molar-refractivity contribution in [2.24, 2.45) is 5.73 Å². The molecule has 1 unspecified atom stereocenters. The number of primary amides is 1. The third-order valence-corrected chi connectivity index (χ3v) is 1.47. The molecule has 0 aromatic heterocycles. The fraction of sp³-hybridized carbons (Fsp3) is 0.714. The second kappa shape index (κ2) is 11.0. The fourth-order valence-corrected chi connectivity index (χ4v) is 0.408. The average Bonchev–Trinajstić information content (AvgIpc) is 2.17. The first kappa shape index (κ1) is 16.4. The number of unbranched alkanes of at least 4 members (excludes halogenated alkanes) is 1. The van der Waals surface area contributed by atoms with Gasteiger partial charge < -0.3 is 15.9 Å². The highest BCUT2D eigenvalue weighted by atomic mass is 31.1. The molecule has 0 saturated heterocycles. The summed E-state index contributed by atoms with van der Waals surface area (Å²) in [5.41, 5.74) is 4.50. The van der Waals surface area contributed by atoms with Crippen LogP contribution in [0.5, 0.6) is 0 Å². The van der Waals surface area contributed by atoms with Crippen molar-refractivity contribution in [3.8, 4) is 0 Å². The number of rotatable bonds is 4. The highest BCUT2D eigenvalue weighted by Crippen LogP contribution is 2.05. The van der Waals surface area contributed by atoms with E-state index in [1.54, 1.807) is 5.32 Å². The maximum absolute atomic E-state index is 10.3.